The molecule has 1 aromatic rings. The molecule has 0 unspecified atom stereocenters. The average molecular weight is 308 g/mol. The highest BCUT2D eigenvalue weighted by Crippen LogP contribution is 2.51. The highest BCUT2D eigenvalue weighted by atomic mass is 35.5. The number of benzene rings is 1. The summed E-state index contributed by atoms with van der Waals surface area (Å²) < 4.78 is 10.8. The van der Waals surface area contributed by atoms with E-state index < -0.39 is 0 Å². The third kappa shape index (κ3) is 3.24. The number of hydrogen-bond donors (Lipinski definition) is 0. The van der Waals surface area contributed by atoms with Gasteiger partial charge >= 0.3 is 0 Å². The Kier molecular flexibility index (Phi) is 4.23. The maximum atomic E-state index is 6.29. The number of hydrogen-bond acceptors (Lipinski definition) is 3. The smallest absolute Gasteiger partial charge is 0.138 e. The van der Waals surface area contributed by atoms with E-state index in [4.69, 9.17) is 26.1 Å². The Labute approximate surface area is 131 Å². The lowest BCUT2D eigenvalue weighted by Gasteiger charge is -2.25. The Morgan fingerprint density at radius 3 is 2.86 bits per heavy atom. The zero-order valence-corrected chi connectivity index (χ0v) is 13.4. The van der Waals surface area contributed by atoms with Crippen molar-refractivity contribution in [2.45, 2.75) is 38.6 Å². The third-order valence-corrected chi connectivity index (χ3v) is 4.89. The van der Waals surface area contributed by atoms with Crippen LogP contribution in [0.4, 0.5) is 0 Å². The summed E-state index contributed by atoms with van der Waals surface area (Å²) in [5, 5.41) is 0.661. The maximum absolute atomic E-state index is 6.29. The summed E-state index contributed by atoms with van der Waals surface area (Å²) in [5.41, 5.74) is 2.84. The van der Waals surface area contributed by atoms with Crippen LogP contribution in [-0.4, -0.2) is 32.6 Å². The van der Waals surface area contributed by atoms with E-state index in [1.165, 1.54) is 18.4 Å². The Hall–Kier alpha value is -1.06. The van der Waals surface area contributed by atoms with E-state index in [1.54, 1.807) is 7.11 Å². The fourth-order valence-corrected chi connectivity index (χ4v) is 3.02. The van der Waals surface area contributed by atoms with Gasteiger partial charge in [-0.25, -0.2) is 0 Å². The number of rotatable bonds is 6. The van der Waals surface area contributed by atoms with Crippen molar-refractivity contribution in [1.29, 1.82) is 0 Å². The van der Waals surface area contributed by atoms with Gasteiger partial charge in [0.15, 0.2) is 0 Å². The van der Waals surface area contributed by atoms with Crippen molar-refractivity contribution in [3.05, 3.63) is 28.3 Å². The first-order chi connectivity index (χ1) is 10.1. The molecule has 0 saturated heterocycles. The van der Waals surface area contributed by atoms with Crippen LogP contribution in [-0.2, 0) is 11.2 Å². The number of methoxy groups -OCH3 is 1. The fraction of sp³-hybridized carbons (Fsp3) is 0.588. The molecule has 1 aliphatic carbocycles. The average Bonchev–Trinajstić information content (AvgIpc) is 3.22. The van der Waals surface area contributed by atoms with Crippen molar-refractivity contribution in [2.24, 2.45) is 10.4 Å². The lowest BCUT2D eigenvalue weighted by Crippen LogP contribution is -2.24. The Balaban J connectivity index is 1.72. The van der Waals surface area contributed by atoms with Gasteiger partial charge in [-0.3, -0.25) is 4.99 Å². The Morgan fingerprint density at radius 2 is 2.14 bits per heavy atom. The Bertz CT molecular complexity index is 552. The second-order valence-corrected chi connectivity index (χ2v) is 6.74. The van der Waals surface area contributed by atoms with Crippen molar-refractivity contribution >= 4 is 17.8 Å². The molecule has 1 aromatic carbocycles. The summed E-state index contributed by atoms with van der Waals surface area (Å²) in [6.45, 7) is 3.66. The normalized spacial score (nSPS) is 22.0. The van der Waals surface area contributed by atoms with Crippen LogP contribution in [0.15, 0.2) is 17.1 Å². The maximum Gasteiger partial charge on any atom is 0.138 e. The molecule has 0 aromatic heterocycles. The minimum Gasteiger partial charge on any atom is -0.492 e. The molecule has 0 N–H and O–H groups in total. The predicted molar refractivity (Wildman–Crippen MR) is 85.9 cm³/mol. The first-order valence-corrected chi connectivity index (χ1v) is 7.97. The van der Waals surface area contributed by atoms with Crippen molar-refractivity contribution in [1.82, 2.24) is 0 Å². The van der Waals surface area contributed by atoms with Crippen LogP contribution in [0.25, 0.3) is 0 Å². The third-order valence-electron chi connectivity index (χ3n) is 4.59. The van der Waals surface area contributed by atoms with E-state index in [0.717, 1.165) is 24.2 Å². The standard InChI is InChI=1S/C17H22ClNO2/c1-17(4-5-17)16-10-12-9-15(21-7-3-6-20-2)14(18)8-13(12)11-19-16/h8-9,11,16H,3-7,10H2,1-2H3/t16-/m0/s1. The summed E-state index contributed by atoms with van der Waals surface area (Å²) >= 11 is 6.29. The second-order valence-electron chi connectivity index (χ2n) is 6.33. The molecule has 1 saturated carbocycles. The first kappa shape index (κ1) is 14.9. The Morgan fingerprint density at radius 1 is 1.33 bits per heavy atom. The van der Waals surface area contributed by atoms with E-state index in [2.05, 4.69) is 13.0 Å². The molecule has 1 aliphatic heterocycles. The molecule has 0 radical (unpaired) electrons. The summed E-state index contributed by atoms with van der Waals surface area (Å²) in [4.78, 5) is 4.72. The van der Waals surface area contributed by atoms with Gasteiger partial charge in [0, 0.05) is 26.4 Å². The van der Waals surface area contributed by atoms with Gasteiger partial charge in [-0.2, -0.15) is 0 Å². The largest absolute Gasteiger partial charge is 0.492 e. The highest BCUT2D eigenvalue weighted by Gasteiger charge is 2.45. The number of halogens is 1. The van der Waals surface area contributed by atoms with Gasteiger partial charge < -0.3 is 9.47 Å². The molecule has 114 valence electrons. The zero-order valence-electron chi connectivity index (χ0n) is 12.7. The fourth-order valence-electron chi connectivity index (χ4n) is 2.79. The molecule has 1 heterocycles. The van der Waals surface area contributed by atoms with Crippen LogP contribution in [0, 0.1) is 5.41 Å². The number of fused-ring (bicyclic) bond motifs is 1. The van der Waals surface area contributed by atoms with Gasteiger partial charge in [0.05, 0.1) is 17.7 Å². The minimum absolute atomic E-state index is 0.410. The van der Waals surface area contributed by atoms with Crippen molar-refractivity contribution in [3.8, 4) is 5.75 Å². The summed E-state index contributed by atoms with van der Waals surface area (Å²) in [6, 6.07) is 4.47. The van der Waals surface area contributed by atoms with Gasteiger partial charge in [0.25, 0.3) is 0 Å². The van der Waals surface area contributed by atoms with Crippen LogP contribution in [0.1, 0.15) is 37.3 Å². The molecular weight excluding hydrogens is 286 g/mol. The van der Waals surface area contributed by atoms with Crippen LogP contribution in [0.5, 0.6) is 5.75 Å². The van der Waals surface area contributed by atoms with Gasteiger partial charge in [-0.05, 0) is 47.9 Å². The molecule has 1 fully saturated rings. The highest BCUT2D eigenvalue weighted by molar-refractivity contribution is 6.32. The number of aliphatic imine (C=N–C) groups is 1. The van der Waals surface area contributed by atoms with Gasteiger partial charge in [-0.1, -0.05) is 18.5 Å². The summed E-state index contributed by atoms with van der Waals surface area (Å²) in [7, 11) is 1.70. The zero-order chi connectivity index (χ0) is 14.9. The van der Waals surface area contributed by atoms with E-state index in [0.29, 0.717) is 29.7 Å². The van der Waals surface area contributed by atoms with Gasteiger partial charge in [0.2, 0.25) is 0 Å². The monoisotopic (exact) mass is 307 g/mol. The van der Waals surface area contributed by atoms with Gasteiger partial charge in [0.1, 0.15) is 5.75 Å². The van der Waals surface area contributed by atoms with E-state index >= 15 is 0 Å². The molecule has 3 nitrogen and oxygen atoms in total. The molecule has 0 spiro atoms. The lowest BCUT2D eigenvalue weighted by molar-refractivity contribution is 0.172. The molecule has 2 aliphatic rings. The van der Waals surface area contributed by atoms with Crippen molar-refractivity contribution in [3.63, 3.8) is 0 Å². The summed E-state index contributed by atoms with van der Waals surface area (Å²) in [5.74, 6) is 0.779. The second kappa shape index (κ2) is 5.98. The quantitative estimate of drug-likeness (QED) is 0.746. The number of ether oxygens (including phenoxy) is 2. The molecule has 4 heteroatoms. The van der Waals surface area contributed by atoms with Gasteiger partial charge in [-0.15, -0.1) is 0 Å². The van der Waals surface area contributed by atoms with E-state index in [-0.39, 0.29) is 0 Å². The van der Waals surface area contributed by atoms with E-state index in [1.807, 2.05) is 12.3 Å². The first-order valence-electron chi connectivity index (χ1n) is 7.60. The van der Waals surface area contributed by atoms with Crippen LogP contribution in [0.3, 0.4) is 0 Å². The molecular formula is C17H22ClNO2. The molecule has 3 rings (SSSR count). The topological polar surface area (TPSA) is 30.8 Å². The molecule has 21 heavy (non-hydrogen) atoms. The van der Waals surface area contributed by atoms with Crippen molar-refractivity contribution in [2.75, 3.05) is 20.3 Å². The van der Waals surface area contributed by atoms with E-state index in [9.17, 15) is 0 Å². The molecule has 0 amide bonds. The summed E-state index contributed by atoms with van der Waals surface area (Å²) in [6.07, 6.45) is 6.42. The number of nitrogens with zero attached hydrogens (tertiary/aromatic N) is 1. The predicted octanol–water partition coefficient (Wildman–Crippen LogP) is 3.90. The molecule has 0 bridgehead atoms. The SMILES string of the molecule is COCCCOc1cc2c(cc1Cl)C=N[C@H](C1(C)CC1)C2. The van der Waals surface area contributed by atoms with Crippen LogP contribution < -0.4 is 4.74 Å². The van der Waals surface area contributed by atoms with Crippen LogP contribution >= 0.6 is 11.6 Å². The van der Waals surface area contributed by atoms with Crippen molar-refractivity contribution < 1.29 is 9.47 Å². The lowest BCUT2D eigenvalue weighted by atomic mass is 9.89. The molecule has 1 atom stereocenters. The minimum atomic E-state index is 0.410. The van der Waals surface area contributed by atoms with Crippen LogP contribution in [0.2, 0.25) is 5.02 Å².